The van der Waals surface area contributed by atoms with E-state index < -0.39 is 36.4 Å². The minimum atomic E-state index is -1.29. The fourth-order valence-electron chi connectivity index (χ4n) is 0.737. The molecule has 0 bridgehead atoms. The molecule has 19 heavy (non-hydrogen) atoms. The maximum Gasteiger partial charge on any atom is 0.321 e. The molecule has 114 valence electrons. The third-order valence-corrected chi connectivity index (χ3v) is 1.75. The van der Waals surface area contributed by atoms with Crippen LogP contribution in [-0.2, 0) is 14.4 Å². The smallest absolute Gasteiger partial charge is 0.321 e. The van der Waals surface area contributed by atoms with Crippen LogP contribution >= 0.6 is 0 Å². The first-order valence-electron chi connectivity index (χ1n) is 5.11. The Morgan fingerprint density at radius 2 is 1.37 bits per heavy atom. The minimum absolute atomic E-state index is 0. The van der Waals surface area contributed by atoms with E-state index >= 15 is 0 Å². The van der Waals surface area contributed by atoms with E-state index in [9.17, 15) is 14.4 Å². The van der Waals surface area contributed by atoms with Crippen LogP contribution < -0.4 is 17.2 Å². The summed E-state index contributed by atoms with van der Waals surface area (Å²) >= 11 is 0. The summed E-state index contributed by atoms with van der Waals surface area (Å²) < 4.78 is 0. The summed E-state index contributed by atoms with van der Waals surface area (Å²) in [5.41, 5.74) is 15.1. The van der Waals surface area contributed by atoms with Crippen LogP contribution in [0, 0.1) is 0 Å². The topological polar surface area (TPSA) is 221 Å². The largest absolute Gasteiger partial charge is 0.481 e. The third kappa shape index (κ3) is 16.2. The van der Waals surface area contributed by atoms with Gasteiger partial charge in [0, 0.05) is 0 Å². The first kappa shape index (κ1) is 22.4. The van der Waals surface area contributed by atoms with Gasteiger partial charge in [-0.2, -0.15) is 0 Å². The van der Waals surface area contributed by atoms with Gasteiger partial charge in [0.15, 0.2) is 0 Å². The summed E-state index contributed by atoms with van der Waals surface area (Å²) in [6, 6.07) is -2.03. The average molecular weight is 283 g/mol. The van der Waals surface area contributed by atoms with E-state index in [1.807, 2.05) is 0 Å². The Morgan fingerprint density at radius 3 is 1.58 bits per heavy atom. The van der Waals surface area contributed by atoms with Crippen LogP contribution in [0.25, 0.3) is 0 Å². The molecule has 0 aromatic carbocycles. The lowest BCUT2D eigenvalue weighted by atomic mass is 10.2. The molecule has 10 heteroatoms. The Balaban J connectivity index is -0.000000256. The van der Waals surface area contributed by atoms with Gasteiger partial charge in [0.25, 0.3) is 0 Å². The maximum atomic E-state index is 10.0. The van der Waals surface area contributed by atoms with Crippen molar-refractivity contribution in [1.29, 1.82) is 0 Å². The van der Waals surface area contributed by atoms with Crippen molar-refractivity contribution >= 4 is 17.9 Å². The molecule has 2 atom stereocenters. The normalized spacial score (nSPS) is 12.2. The summed E-state index contributed by atoms with van der Waals surface area (Å²) in [6.07, 6.45) is 0.606. The Morgan fingerprint density at radius 1 is 0.947 bits per heavy atom. The van der Waals surface area contributed by atoms with Gasteiger partial charge >= 0.3 is 17.9 Å². The van der Waals surface area contributed by atoms with Gasteiger partial charge in [-0.3, -0.25) is 14.4 Å². The summed E-state index contributed by atoms with van der Waals surface area (Å²) in [5.74, 6) is -3.45. The van der Waals surface area contributed by atoms with Gasteiger partial charge in [0.1, 0.15) is 12.1 Å². The number of rotatable bonds is 7. The van der Waals surface area contributed by atoms with Crippen molar-refractivity contribution in [1.82, 2.24) is 0 Å². The second-order valence-corrected chi connectivity index (χ2v) is 3.42. The van der Waals surface area contributed by atoms with Crippen LogP contribution in [0.1, 0.15) is 19.3 Å². The van der Waals surface area contributed by atoms with Crippen molar-refractivity contribution < 1.29 is 35.2 Å². The molecule has 0 radical (unpaired) electrons. The SMILES string of the molecule is NC(CC(=O)O)C(=O)O.NCCCC(N)C(=O)O.O. The van der Waals surface area contributed by atoms with E-state index in [1.165, 1.54) is 0 Å². The molecule has 0 aromatic rings. The second kappa shape index (κ2) is 12.7. The quantitative estimate of drug-likeness (QED) is 0.283. The molecular weight excluding hydrogens is 262 g/mol. The highest BCUT2D eigenvalue weighted by molar-refractivity contribution is 5.80. The van der Waals surface area contributed by atoms with E-state index in [-0.39, 0.29) is 5.48 Å². The van der Waals surface area contributed by atoms with Gasteiger partial charge in [0.05, 0.1) is 6.42 Å². The lowest BCUT2D eigenvalue weighted by Crippen LogP contribution is -2.32. The number of hydrogen-bond acceptors (Lipinski definition) is 6. The van der Waals surface area contributed by atoms with Crippen molar-refractivity contribution in [3.05, 3.63) is 0 Å². The number of nitrogens with two attached hydrogens (primary N) is 3. The van der Waals surface area contributed by atoms with E-state index in [2.05, 4.69) is 0 Å². The lowest BCUT2D eigenvalue weighted by molar-refractivity contribution is -0.144. The van der Waals surface area contributed by atoms with Crippen LogP contribution in [-0.4, -0.2) is 57.3 Å². The predicted molar refractivity (Wildman–Crippen MR) is 65.4 cm³/mol. The van der Waals surface area contributed by atoms with Gasteiger partial charge in [-0.15, -0.1) is 0 Å². The first-order valence-corrected chi connectivity index (χ1v) is 5.11. The molecule has 10 nitrogen and oxygen atoms in total. The number of carbonyl (C=O) groups is 3. The molecule has 0 aliphatic carbocycles. The van der Waals surface area contributed by atoms with Crippen molar-refractivity contribution in [3.63, 3.8) is 0 Å². The molecule has 0 aromatic heterocycles. The van der Waals surface area contributed by atoms with Crippen molar-refractivity contribution in [3.8, 4) is 0 Å². The lowest BCUT2D eigenvalue weighted by Gasteiger charge is -2.02. The molecule has 11 N–H and O–H groups in total. The fourth-order valence-corrected chi connectivity index (χ4v) is 0.737. The van der Waals surface area contributed by atoms with Crippen LogP contribution in [0.5, 0.6) is 0 Å². The standard InChI is InChI=1S/C5H12N2O2.C4H7NO4.H2O/c6-3-1-2-4(7)5(8)9;5-2(4(8)9)1-3(6)7;/h4H,1-3,6-7H2,(H,8,9);2H,1,5H2,(H,6,7)(H,8,9);1H2. The van der Waals surface area contributed by atoms with Crippen molar-refractivity contribution in [2.75, 3.05) is 6.54 Å². The highest BCUT2D eigenvalue weighted by Crippen LogP contribution is 1.91. The zero-order chi connectivity index (χ0) is 14.7. The molecule has 0 aliphatic rings. The monoisotopic (exact) mass is 283 g/mol. The number of aliphatic carboxylic acids is 3. The van der Waals surface area contributed by atoms with Crippen LogP contribution in [0.3, 0.4) is 0 Å². The average Bonchev–Trinajstić information content (AvgIpc) is 2.25. The Kier molecular flexibility index (Phi) is 15.0. The number of hydrogen-bond donors (Lipinski definition) is 6. The highest BCUT2D eigenvalue weighted by atomic mass is 16.4. The number of carboxylic acids is 3. The van der Waals surface area contributed by atoms with Gasteiger partial charge < -0.3 is 38.0 Å². The molecule has 0 saturated heterocycles. The fraction of sp³-hybridized carbons (Fsp3) is 0.667. The zero-order valence-corrected chi connectivity index (χ0v) is 10.3. The van der Waals surface area contributed by atoms with Crippen LogP contribution in [0.15, 0.2) is 0 Å². The maximum absolute atomic E-state index is 10.0. The van der Waals surface area contributed by atoms with E-state index in [0.717, 1.165) is 0 Å². The Bertz CT molecular complexity index is 285. The molecule has 0 rings (SSSR count). The van der Waals surface area contributed by atoms with Gasteiger partial charge in [-0.05, 0) is 19.4 Å². The Hall–Kier alpha value is -1.75. The minimum Gasteiger partial charge on any atom is -0.481 e. The van der Waals surface area contributed by atoms with Crippen molar-refractivity contribution in [2.24, 2.45) is 17.2 Å². The first-order chi connectivity index (χ1) is 8.22. The molecule has 0 fully saturated rings. The number of carboxylic acid groups (broad SMARTS) is 3. The predicted octanol–water partition coefficient (Wildman–Crippen LogP) is -2.81. The molecule has 0 saturated carbocycles. The summed E-state index contributed by atoms with van der Waals surface area (Å²) in [5, 5.41) is 24.3. The van der Waals surface area contributed by atoms with E-state index in [1.54, 1.807) is 0 Å². The molecule has 0 spiro atoms. The third-order valence-electron chi connectivity index (χ3n) is 1.75. The summed E-state index contributed by atoms with van der Waals surface area (Å²) in [6.45, 7) is 0.501. The zero-order valence-electron chi connectivity index (χ0n) is 10.3. The Labute approximate surface area is 109 Å². The summed E-state index contributed by atoms with van der Waals surface area (Å²) in [7, 11) is 0. The van der Waals surface area contributed by atoms with E-state index in [0.29, 0.717) is 19.4 Å². The van der Waals surface area contributed by atoms with Gasteiger partial charge in [-0.25, -0.2) is 0 Å². The molecule has 0 aliphatic heterocycles. The van der Waals surface area contributed by atoms with Crippen LogP contribution in [0.2, 0.25) is 0 Å². The molecule has 0 amide bonds. The van der Waals surface area contributed by atoms with Crippen molar-refractivity contribution in [2.45, 2.75) is 31.3 Å². The molecule has 0 heterocycles. The van der Waals surface area contributed by atoms with Gasteiger partial charge in [-0.1, -0.05) is 0 Å². The second-order valence-electron chi connectivity index (χ2n) is 3.42. The van der Waals surface area contributed by atoms with Gasteiger partial charge in [0.2, 0.25) is 0 Å². The summed E-state index contributed by atoms with van der Waals surface area (Å²) in [4.78, 5) is 29.7. The highest BCUT2D eigenvalue weighted by Gasteiger charge is 2.14. The molecule has 2 unspecified atom stereocenters. The molecular formula is C9H21N3O7. The van der Waals surface area contributed by atoms with Crippen LogP contribution in [0.4, 0.5) is 0 Å². The van der Waals surface area contributed by atoms with E-state index in [4.69, 9.17) is 32.5 Å².